The highest BCUT2D eigenvalue weighted by atomic mass is 35.5. The van der Waals surface area contributed by atoms with Crippen molar-refractivity contribution < 1.29 is 9.53 Å². The van der Waals surface area contributed by atoms with Gasteiger partial charge in [-0.25, -0.2) is 0 Å². The van der Waals surface area contributed by atoms with Gasteiger partial charge in [-0.2, -0.15) is 5.10 Å². The van der Waals surface area contributed by atoms with Crippen molar-refractivity contribution in [3.63, 3.8) is 0 Å². The van der Waals surface area contributed by atoms with E-state index in [2.05, 4.69) is 24.3 Å². The number of nitrogens with one attached hydrogen (secondary N) is 1. The highest BCUT2D eigenvalue weighted by Gasteiger charge is 2.11. The molecule has 1 aromatic heterocycles. The van der Waals surface area contributed by atoms with E-state index in [9.17, 15) is 4.79 Å². The van der Waals surface area contributed by atoms with E-state index < -0.39 is 0 Å². The van der Waals surface area contributed by atoms with E-state index in [0.717, 1.165) is 17.0 Å². The van der Waals surface area contributed by atoms with Crippen LogP contribution in [0.25, 0.3) is 0 Å². The summed E-state index contributed by atoms with van der Waals surface area (Å²) in [4.78, 5) is 11.5. The maximum Gasteiger partial charge on any atom is 0.225 e. The zero-order valence-electron chi connectivity index (χ0n) is 14.6. The van der Waals surface area contributed by atoms with Gasteiger partial charge >= 0.3 is 0 Å². The summed E-state index contributed by atoms with van der Waals surface area (Å²) in [6.45, 7) is 9.15. The number of aromatic nitrogens is 2. The quantitative estimate of drug-likeness (QED) is 0.811. The van der Waals surface area contributed by atoms with Gasteiger partial charge in [-0.3, -0.25) is 9.48 Å². The van der Waals surface area contributed by atoms with Crippen molar-refractivity contribution in [2.24, 2.45) is 5.92 Å². The van der Waals surface area contributed by atoms with Gasteiger partial charge in [0.1, 0.15) is 5.75 Å². The number of carbonyl (C=O) groups is 1. The molecule has 1 amide bonds. The molecule has 0 aliphatic rings. The van der Waals surface area contributed by atoms with Crippen molar-refractivity contribution in [3.05, 3.63) is 40.5 Å². The number of rotatable bonds is 7. The van der Waals surface area contributed by atoms with Crippen LogP contribution in [0.4, 0.5) is 5.82 Å². The Labute approximate surface area is 148 Å². The van der Waals surface area contributed by atoms with Gasteiger partial charge in [-0.15, -0.1) is 0 Å². The van der Waals surface area contributed by atoms with Crippen LogP contribution in [-0.2, 0) is 11.3 Å². The molecule has 0 unspecified atom stereocenters. The van der Waals surface area contributed by atoms with Crippen LogP contribution in [0.15, 0.2) is 24.3 Å². The summed E-state index contributed by atoms with van der Waals surface area (Å²) in [5.41, 5.74) is 1.92. The van der Waals surface area contributed by atoms with E-state index in [1.807, 2.05) is 42.8 Å². The Morgan fingerprint density at radius 2 is 2.12 bits per heavy atom. The minimum Gasteiger partial charge on any atom is -0.493 e. The smallest absolute Gasteiger partial charge is 0.225 e. The Kier molecular flexibility index (Phi) is 6.26. The zero-order valence-corrected chi connectivity index (χ0v) is 15.4. The largest absolute Gasteiger partial charge is 0.493 e. The topological polar surface area (TPSA) is 56.2 Å². The fourth-order valence-corrected chi connectivity index (χ4v) is 2.39. The van der Waals surface area contributed by atoms with E-state index in [4.69, 9.17) is 16.3 Å². The molecule has 0 spiro atoms. The summed E-state index contributed by atoms with van der Waals surface area (Å²) in [5, 5.41) is 7.88. The molecule has 0 aliphatic heterocycles. The molecule has 6 heteroatoms. The van der Waals surface area contributed by atoms with Gasteiger partial charge in [0.15, 0.2) is 5.82 Å². The first-order valence-corrected chi connectivity index (χ1v) is 8.52. The third-order valence-electron chi connectivity index (χ3n) is 3.48. The van der Waals surface area contributed by atoms with Crippen LogP contribution in [0.1, 0.15) is 38.4 Å². The van der Waals surface area contributed by atoms with Crippen LogP contribution in [0.3, 0.4) is 0 Å². The number of nitrogens with zero attached hydrogens (tertiary/aromatic N) is 2. The predicted octanol–water partition coefficient (Wildman–Crippen LogP) is 4.28. The average Bonchev–Trinajstić information content (AvgIpc) is 2.85. The van der Waals surface area contributed by atoms with E-state index in [0.29, 0.717) is 36.3 Å². The number of ether oxygens (including phenoxy) is 1. The molecule has 1 heterocycles. The third kappa shape index (κ3) is 4.99. The SMILES string of the molecule is CCC(=O)Nc1cc(C)n(Cc2cc(Cl)ccc2OCC(C)C)n1. The number of carbonyl (C=O) groups excluding carboxylic acids is 1. The number of benzene rings is 1. The van der Waals surface area contributed by atoms with Crippen LogP contribution in [0, 0.1) is 12.8 Å². The number of anilines is 1. The Bertz CT molecular complexity index is 710. The van der Waals surface area contributed by atoms with Gasteiger partial charge in [-0.05, 0) is 31.0 Å². The molecular formula is C18H24ClN3O2. The molecule has 0 saturated heterocycles. The van der Waals surface area contributed by atoms with Crippen molar-refractivity contribution in [1.29, 1.82) is 0 Å². The maximum absolute atomic E-state index is 11.5. The second-order valence-electron chi connectivity index (χ2n) is 6.19. The van der Waals surface area contributed by atoms with E-state index in [1.54, 1.807) is 0 Å². The van der Waals surface area contributed by atoms with Crippen molar-refractivity contribution in [2.45, 2.75) is 40.7 Å². The van der Waals surface area contributed by atoms with Crippen LogP contribution in [-0.4, -0.2) is 22.3 Å². The first-order valence-electron chi connectivity index (χ1n) is 8.14. The van der Waals surface area contributed by atoms with Crippen LogP contribution < -0.4 is 10.1 Å². The van der Waals surface area contributed by atoms with E-state index in [1.165, 1.54) is 0 Å². The standard InChI is InChI=1S/C18H24ClN3O2/c1-5-18(23)20-17-8-13(4)22(21-17)10-14-9-15(19)6-7-16(14)24-11-12(2)3/h6-9,12H,5,10-11H2,1-4H3,(H,20,21,23). The monoisotopic (exact) mass is 349 g/mol. The maximum atomic E-state index is 11.5. The summed E-state index contributed by atoms with van der Waals surface area (Å²) in [7, 11) is 0. The van der Waals surface area contributed by atoms with Crippen molar-refractivity contribution in [3.8, 4) is 5.75 Å². The van der Waals surface area contributed by atoms with Crippen molar-refractivity contribution in [1.82, 2.24) is 9.78 Å². The molecule has 5 nitrogen and oxygen atoms in total. The lowest BCUT2D eigenvalue weighted by Gasteiger charge is -2.14. The van der Waals surface area contributed by atoms with Crippen LogP contribution in [0.2, 0.25) is 5.02 Å². The summed E-state index contributed by atoms with van der Waals surface area (Å²) in [6.07, 6.45) is 0.424. The molecule has 1 N–H and O–H groups in total. The summed E-state index contributed by atoms with van der Waals surface area (Å²) >= 11 is 6.14. The molecule has 130 valence electrons. The first-order chi connectivity index (χ1) is 11.4. The van der Waals surface area contributed by atoms with Gasteiger partial charge in [0, 0.05) is 28.8 Å². The number of hydrogen-bond donors (Lipinski definition) is 1. The number of hydrogen-bond acceptors (Lipinski definition) is 3. The fraction of sp³-hybridized carbons (Fsp3) is 0.444. The van der Waals surface area contributed by atoms with Gasteiger partial charge in [0.05, 0.1) is 13.2 Å². The highest BCUT2D eigenvalue weighted by Crippen LogP contribution is 2.25. The predicted molar refractivity (Wildman–Crippen MR) is 96.8 cm³/mol. The Balaban J connectivity index is 2.20. The average molecular weight is 350 g/mol. The molecule has 0 atom stereocenters. The second-order valence-corrected chi connectivity index (χ2v) is 6.62. The Hall–Kier alpha value is -2.01. The second kappa shape index (κ2) is 8.20. The molecule has 0 aliphatic carbocycles. The molecular weight excluding hydrogens is 326 g/mol. The fourth-order valence-electron chi connectivity index (χ4n) is 2.19. The van der Waals surface area contributed by atoms with Crippen molar-refractivity contribution >= 4 is 23.3 Å². The molecule has 1 aromatic carbocycles. The van der Waals surface area contributed by atoms with Crippen LogP contribution in [0.5, 0.6) is 5.75 Å². The molecule has 0 bridgehead atoms. The lowest BCUT2D eigenvalue weighted by atomic mass is 10.2. The third-order valence-corrected chi connectivity index (χ3v) is 3.72. The molecule has 2 rings (SSSR count). The minimum absolute atomic E-state index is 0.0524. The van der Waals surface area contributed by atoms with Crippen LogP contribution >= 0.6 is 11.6 Å². The van der Waals surface area contributed by atoms with Gasteiger partial charge in [-0.1, -0.05) is 32.4 Å². The zero-order chi connectivity index (χ0) is 17.7. The van der Waals surface area contributed by atoms with Gasteiger partial charge in [0.25, 0.3) is 0 Å². The first kappa shape index (κ1) is 18.3. The van der Waals surface area contributed by atoms with Crippen molar-refractivity contribution in [2.75, 3.05) is 11.9 Å². The minimum atomic E-state index is -0.0524. The summed E-state index contributed by atoms with van der Waals surface area (Å²) in [5.74, 6) is 1.76. The molecule has 0 fully saturated rings. The lowest BCUT2D eigenvalue weighted by Crippen LogP contribution is -2.11. The normalized spacial score (nSPS) is 10.9. The Morgan fingerprint density at radius 1 is 1.38 bits per heavy atom. The molecule has 0 saturated carbocycles. The summed E-state index contributed by atoms with van der Waals surface area (Å²) < 4.78 is 7.72. The van der Waals surface area contributed by atoms with E-state index in [-0.39, 0.29) is 5.91 Å². The highest BCUT2D eigenvalue weighted by molar-refractivity contribution is 6.30. The summed E-state index contributed by atoms with van der Waals surface area (Å²) in [6, 6.07) is 7.46. The number of amides is 1. The molecule has 2 aromatic rings. The molecule has 24 heavy (non-hydrogen) atoms. The Morgan fingerprint density at radius 3 is 2.79 bits per heavy atom. The molecule has 0 radical (unpaired) electrons. The van der Waals surface area contributed by atoms with Gasteiger partial charge in [0.2, 0.25) is 5.91 Å². The number of aryl methyl sites for hydroxylation is 1. The van der Waals surface area contributed by atoms with Gasteiger partial charge < -0.3 is 10.1 Å². The van der Waals surface area contributed by atoms with E-state index >= 15 is 0 Å². The lowest BCUT2D eigenvalue weighted by molar-refractivity contribution is -0.115. The number of halogens is 1.